The van der Waals surface area contributed by atoms with Gasteiger partial charge in [0, 0.05) is 31.7 Å². The molecule has 1 atom stereocenters. The maximum Gasteiger partial charge on any atom is 0.318 e. The molecule has 190 valence electrons. The second kappa shape index (κ2) is 8.30. The van der Waals surface area contributed by atoms with Gasteiger partial charge in [0.2, 0.25) is 10.0 Å². The van der Waals surface area contributed by atoms with Crippen LogP contribution >= 0.6 is 0 Å². The quantitative estimate of drug-likeness (QED) is 0.620. The number of sulfonamides is 1. The van der Waals surface area contributed by atoms with Crippen molar-refractivity contribution in [3.63, 3.8) is 0 Å². The first-order chi connectivity index (χ1) is 16.5. The average molecular weight is 502 g/mol. The van der Waals surface area contributed by atoms with E-state index in [9.17, 15) is 18.0 Å². The number of benzene rings is 1. The van der Waals surface area contributed by atoms with Crippen LogP contribution in [0, 0.1) is 25.2 Å². The van der Waals surface area contributed by atoms with Gasteiger partial charge in [-0.1, -0.05) is 0 Å². The minimum Gasteiger partial charge on any atom is -0.351 e. The number of primary amides is 1. The Labute approximate surface area is 207 Å². The van der Waals surface area contributed by atoms with Gasteiger partial charge in [-0.3, -0.25) is 14.7 Å². The fraction of sp³-hybridized carbons (Fsp3) is 0.640. The van der Waals surface area contributed by atoms with Crippen molar-refractivity contribution in [1.29, 1.82) is 0 Å². The molecule has 3 amide bonds. The SMILES string of the molecule is Cc1cc(N(C)C(N)=O)cc(C)c1CCS(=O)(=O)N1CCC2(CC1)N=C(C1CCC13CC3)NC2=O. The molecule has 2 aliphatic heterocycles. The summed E-state index contributed by atoms with van der Waals surface area (Å²) in [7, 11) is -1.87. The number of hydrogen-bond donors (Lipinski definition) is 2. The maximum absolute atomic E-state index is 13.2. The molecule has 0 bridgehead atoms. The molecule has 3 fully saturated rings. The summed E-state index contributed by atoms with van der Waals surface area (Å²) in [6.07, 6.45) is 6.02. The summed E-state index contributed by atoms with van der Waals surface area (Å²) in [6.45, 7) is 4.45. The monoisotopic (exact) mass is 501 g/mol. The number of aryl methyl sites for hydroxylation is 2. The van der Waals surface area contributed by atoms with E-state index in [-0.39, 0.29) is 11.7 Å². The van der Waals surface area contributed by atoms with E-state index < -0.39 is 21.6 Å². The predicted octanol–water partition coefficient (Wildman–Crippen LogP) is 2.24. The van der Waals surface area contributed by atoms with Crippen molar-refractivity contribution < 1.29 is 18.0 Å². The molecular weight excluding hydrogens is 466 g/mol. The van der Waals surface area contributed by atoms with E-state index in [0.29, 0.717) is 49.4 Å². The number of rotatable bonds is 6. The summed E-state index contributed by atoms with van der Waals surface area (Å²) in [5.41, 5.74) is 8.46. The van der Waals surface area contributed by atoms with Crippen LogP contribution in [0.1, 0.15) is 55.2 Å². The molecule has 10 heteroatoms. The number of amidine groups is 1. The van der Waals surface area contributed by atoms with Crippen LogP contribution in [0.15, 0.2) is 17.1 Å². The van der Waals surface area contributed by atoms with E-state index in [2.05, 4.69) is 5.32 Å². The molecule has 2 aliphatic carbocycles. The molecule has 3 N–H and O–H groups in total. The van der Waals surface area contributed by atoms with Crippen LogP contribution in [0.3, 0.4) is 0 Å². The van der Waals surface area contributed by atoms with Gasteiger partial charge in [-0.15, -0.1) is 0 Å². The second-order valence-electron chi connectivity index (χ2n) is 10.9. The number of nitrogens with one attached hydrogen (secondary N) is 1. The molecule has 0 radical (unpaired) electrons. The minimum absolute atomic E-state index is 0.00199. The van der Waals surface area contributed by atoms with Gasteiger partial charge in [0.05, 0.1) is 5.75 Å². The number of aliphatic imine (C=N–C) groups is 1. The number of carbonyl (C=O) groups excluding carboxylic acids is 2. The lowest BCUT2D eigenvalue weighted by Gasteiger charge is -2.37. The number of carbonyl (C=O) groups is 2. The van der Waals surface area contributed by atoms with Crippen molar-refractivity contribution >= 4 is 33.5 Å². The highest BCUT2D eigenvalue weighted by molar-refractivity contribution is 7.89. The molecule has 9 nitrogen and oxygen atoms in total. The molecule has 2 spiro atoms. The van der Waals surface area contributed by atoms with Gasteiger partial charge in [0.25, 0.3) is 5.91 Å². The standard InChI is InChI=1S/C25H35N5O4S/c1-16-14-18(29(3)23(26)32)15-17(2)19(16)5-13-35(33,34)30-11-9-25(10-12-30)22(31)27-21(28-25)20-4-6-24(20)7-8-24/h14-15,20H,4-13H2,1-3H3,(H2,26,32)(H,27,28,31). The summed E-state index contributed by atoms with van der Waals surface area (Å²) < 4.78 is 27.9. The first kappa shape index (κ1) is 24.2. The summed E-state index contributed by atoms with van der Waals surface area (Å²) in [6, 6.07) is 3.16. The highest BCUT2D eigenvalue weighted by Crippen LogP contribution is 2.65. The molecule has 35 heavy (non-hydrogen) atoms. The Morgan fingerprint density at radius 3 is 2.31 bits per heavy atom. The van der Waals surface area contributed by atoms with E-state index in [1.807, 2.05) is 26.0 Å². The second-order valence-corrected chi connectivity index (χ2v) is 12.9. The van der Waals surface area contributed by atoms with Gasteiger partial charge < -0.3 is 11.1 Å². The van der Waals surface area contributed by atoms with Crippen molar-refractivity contribution in [2.45, 2.75) is 64.3 Å². The number of urea groups is 1. The molecule has 4 aliphatic rings. The van der Waals surface area contributed by atoms with Crippen LogP contribution < -0.4 is 16.0 Å². The van der Waals surface area contributed by atoms with Gasteiger partial charge in [0.15, 0.2) is 0 Å². The van der Waals surface area contributed by atoms with Gasteiger partial charge in [-0.25, -0.2) is 17.5 Å². The van der Waals surface area contributed by atoms with Crippen LogP contribution in [0.5, 0.6) is 0 Å². The molecule has 1 unspecified atom stereocenters. The number of hydrogen-bond acceptors (Lipinski definition) is 5. The smallest absolute Gasteiger partial charge is 0.318 e. The zero-order valence-corrected chi connectivity index (χ0v) is 21.6. The normalized spacial score (nSPS) is 24.7. The number of amides is 3. The Morgan fingerprint density at radius 2 is 1.80 bits per heavy atom. The Bertz CT molecular complexity index is 1190. The minimum atomic E-state index is -3.48. The molecule has 2 saturated carbocycles. The van der Waals surface area contributed by atoms with Gasteiger partial charge in [-0.2, -0.15) is 0 Å². The summed E-state index contributed by atoms with van der Waals surface area (Å²) >= 11 is 0. The van der Waals surface area contributed by atoms with E-state index in [0.717, 1.165) is 28.9 Å². The number of nitrogens with zero attached hydrogens (tertiary/aromatic N) is 3. The van der Waals surface area contributed by atoms with Crippen LogP contribution in [0.25, 0.3) is 0 Å². The number of piperidine rings is 1. The van der Waals surface area contributed by atoms with Crippen molar-refractivity contribution in [2.24, 2.45) is 22.1 Å². The molecule has 0 aromatic heterocycles. The lowest BCUT2D eigenvalue weighted by Crippen LogP contribution is -2.51. The third-order valence-electron chi connectivity index (χ3n) is 8.84. The van der Waals surface area contributed by atoms with E-state index in [1.165, 1.54) is 28.5 Å². The zero-order chi connectivity index (χ0) is 25.2. The summed E-state index contributed by atoms with van der Waals surface area (Å²) in [4.78, 5) is 30.6. The highest BCUT2D eigenvalue weighted by atomic mass is 32.2. The molecule has 1 aromatic carbocycles. The van der Waals surface area contributed by atoms with Crippen LogP contribution in [-0.2, 0) is 21.2 Å². The summed E-state index contributed by atoms with van der Waals surface area (Å²) in [5, 5.41) is 3.05. The number of anilines is 1. The van der Waals surface area contributed by atoms with Crippen molar-refractivity contribution in [3.8, 4) is 0 Å². The Morgan fingerprint density at radius 1 is 1.17 bits per heavy atom. The number of nitrogens with two attached hydrogens (primary N) is 1. The lowest BCUT2D eigenvalue weighted by molar-refractivity contribution is -0.125. The van der Waals surface area contributed by atoms with E-state index in [4.69, 9.17) is 10.7 Å². The molecule has 5 rings (SSSR count). The lowest BCUT2D eigenvalue weighted by atomic mass is 9.69. The van der Waals surface area contributed by atoms with Gasteiger partial charge in [-0.05, 0) is 93.0 Å². The van der Waals surface area contributed by atoms with Crippen LogP contribution in [0.2, 0.25) is 0 Å². The van der Waals surface area contributed by atoms with Gasteiger partial charge in [0.1, 0.15) is 11.4 Å². The fourth-order valence-electron chi connectivity index (χ4n) is 6.11. The molecule has 1 aromatic rings. The molecular formula is C25H35N5O4S. The van der Waals surface area contributed by atoms with Crippen molar-refractivity contribution in [1.82, 2.24) is 9.62 Å². The topological polar surface area (TPSA) is 125 Å². The molecule has 2 heterocycles. The predicted molar refractivity (Wildman–Crippen MR) is 135 cm³/mol. The largest absolute Gasteiger partial charge is 0.351 e. The summed E-state index contributed by atoms with van der Waals surface area (Å²) in [5.74, 6) is 1.18. The first-order valence-electron chi connectivity index (χ1n) is 12.5. The van der Waals surface area contributed by atoms with Crippen LogP contribution in [0.4, 0.5) is 10.5 Å². The maximum atomic E-state index is 13.2. The Hall–Kier alpha value is -2.46. The Kier molecular flexibility index (Phi) is 5.75. The van der Waals surface area contributed by atoms with E-state index in [1.54, 1.807) is 7.05 Å². The molecule has 1 saturated heterocycles. The van der Waals surface area contributed by atoms with Crippen molar-refractivity contribution in [3.05, 3.63) is 28.8 Å². The zero-order valence-electron chi connectivity index (χ0n) is 20.8. The Balaban J connectivity index is 1.22. The van der Waals surface area contributed by atoms with Gasteiger partial charge >= 0.3 is 6.03 Å². The third kappa shape index (κ3) is 4.14. The van der Waals surface area contributed by atoms with E-state index >= 15 is 0 Å². The third-order valence-corrected chi connectivity index (χ3v) is 10.7. The highest BCUT2D eigenvalue weighted by Gasteiger charge is 2.60. The average Bonchev–Trinajstić information content (AvgIpc) is 3.55. The van der Waals surface area contributed by atoms with Crippen molar-refractivity contribution in [2.75, 3.05) is 30.8 Å². The first-order valence-corrected chi connectivity index (χ1v) is 14.1. The fourth-order valence-corrected chi connectivity index (χ4v) is 7.57. The van der Waals surface area contributed by atoms with Crippen LogP contribution in [-0.4, -0.2) is 61.9 Å².